The van der Waals surface area contributed by atoms with Crippen LogP contribution in [0.15, 0.2) is 30.3 Å². The van der Waals surface area contributed by atoms with Gasteiger partial charge in [0.15, 0.2) is 9.84 Å². The lowest BCUT2D eigenvalue weighted by molar-refractivity contribution is 0.0954. The second-order valence-corrected chi connectivity index (χ2v) is 7.94. The number of carbonyl (C=O) groups excluding carboxylic acids is 1. The number of hydrogen-bond acceptors (Lipinski definition) is 3. The Morgan fingerprint density at radius 3 is 2.57 bits per heavy atom. The average molecular weight is 346 g/mol. The Labute approximate surface area is 134 Å². The van der Waals surface area contributed by atoms with Crippen LogP contribution >= 0.6 is 0 Å². The molecule has 0 radical (unpaired) electrons. The van der Waals surface area contributed by atoms with Crippen LogP contribution in [0.2, 0.25) is 0 Å². The third-order valence-corrected chi connectivity index (χ3v) is 5.57. The topological polar surface area (TPSA) is 66.5 Å². The molecule has 1 heterocycles. The highest BCUT2D eigenvalue weighted by atomic mass is 32.2. The highest BCUT2D eigenvalue weighted by molar-refractivity contribution is 7.91. The van der Waals surface area contributed by atoms with Crippen molar-refractivity contribution in [2.75, 3.05) is 24.6 Å². The molecule has 0 unspecified atom stereocenters. The molecule has 0 saturated carbocycles. The van der Waals surface area contributed by atoms with E-state index in [-0.39, 0.29) is 30.5 Å². The van der Waals surface area contributed by atoms with E-state index in [0.29, 0.717) is 6.42 Å². The number of nitrogens with zero attached hydrogens (tertiary/aromatic N) is 1. The van der Waals surface area contributed by atoms with Crippen LogP contribution in [0.3, 0.4) is 0 Å². The predicted molar refractivity (Wildman–Crippen MR) is 83.0 cm³/mol. The quantitative estimate of drug-likeness (QED) is 0.855. The monoisotopic (exact) mass is 346 g/mol. The van der Waals surface area contributed by atoms with E-state index < -0.39 is 28.8 Å². The molecule has 1 saturated heterocycles. The fourth-order valence-electron chi connectivity index (χ4n) is 2.57. The van der Waals surface area contributed by atoms with Crippen LogP contribution in [0.4, 0.5) is 13.6 Å². The van der Waals surface area contributed by atoms with E-state index in [9.17, 15) is 22.0 Å². The smallest absolute Gasteiger partial charge is 0.317 e. The van der Waals surface area contributed by atoms with Crippen molar-refractivity contribution in [3.63, 3.8) is 0 Å². The number of hydrogen-bond donors (Lipinski definition) is 1. The van der Waals surface area contributed by atoms with Gasteiger partial charge in [0.05, 0.1) is 18.1 Å². The molecule has 0 spiro atoms. The minimum absolute atomic E-state index is 0.0425. The fraction of sp³-hybridized carbons (Fsp3) is 0.533. The molecule has 1 aliphatic rings. The molecule has 1 N–H and O–H groups in total. The molecule has 1 aromatic rings. The summed E-state index contributed by atoms with van der Waals surface area (Å²) in [5.74, 6) is 0.0214. The fourth-order valence-corrected chi connectivity index (χ4v) is 4.43. The second kappa shape index (κ2) is 7.72. The molecule has 1 aliphatic heterocycles. The molecule has 1 atom stereocenters. The minimum Gasteiger partial charge on any atom is -0.338 e. The van der Waals surface area contributed by atoms with Crippen LogP contribution in [0.25, 0.3) is 0 Å². The van der Waals surface area contributed by atoms with E-state index in [1.807, 2.05) is 6.07 Å². The SMILES string of the molecule is O=C(NC[C@H]1CCS(=O)(=O)C1)N(Cc1ccccc1)CC(F)F. The Hall–Kier alpha value is -1.70. The first-order chi connectivity index (χ1) is 10.9. The number of rotatable bonds is 6. The number of sulfone groups is 1. The van der Waals surface area contributed by atoms with Gasteiger partial charge in [-0.3, -0.25) is 0 Å². The normalized spacial score (nSPS) is 19.7. The maximum absolute atomic E-state index is 12.7. The zero-order valence-corrected chi connectivity index (χ0v) is 13.4. The molecule has 2 amide bonds. The van der Waals surface area contributed by atoms with Crippen LogP contribution in [0, 0.1) is 5.92 Å². The van der Waals surface area contributed by atoms with E-state index >= 15 is 0 Å². The maximum atomic E-state index is 12.7. The summed E-state index contributed by atoms with van der Waals surface area (Å²) < 4.78 is 48.1. The standard InChI is InChI=1S/C15H20F2N2O3S/c16-14(17)10-19(9-12-4-2-1-3-5-12)15(20)18-8-13-6-7-23(21,22)11-13/h1-5,13-14H,6-11H2,(H,18,20)/t13-/m1/s1. The van der Waals surface area contributed by atoms with Gasteiger partial charge in [0, 0.05) is 13.1 Å². The van der Waals surface area contributed by atoms with Gasteiger partial charge in [0.1, 0.15) is 0 Å². The van der Waals surface area contributed by atoms with Gasteiger partial charge in [-0.15, -0.1) is 0 Å². The highest BCUT2D eigenvalue weighted by Gasteiger charge is 2.28. The van der Waals surface area contributed by atoms with Crippen molar-refractivity contribution in [2.45, 2.75) is 19.4 Å². The van der Waals surface area contributed by atoms with Crippen LogP contribution in [-0.4, -0.2) is 50.4 Å². The van der Waals surface area contributed by atoms with Gasteiger partial charge in [-0.05, 0) is 17.9 Å². The van der Waals surface area contributed by atoms with Gasteiger partial charge in [0.25, 0.3) is 6.43 Å². The molecule has 23 heavy (non-hydrogen) atoms. The number of benzene rings is 1. The summed E-state index contributed by atoms with van der Waals surface area (Å²) in [6.07, 6.45) is -2.13. The summed E-state index contributed by atoms with van der Waals surface area (Å²) in [6.45, 7) is -0.393. The molecule has 128 valence electrons. The van der Waals surface area contributed by atoms with E-state index in [2.05, 4.69) is 5.32 Å². The summed E-state index contributed by atoms with van der Waals surface area (Å²) in [5.41, 5.74) is 0.756. The van der Waals surface area contributed by atoms with Crippen molar-refractivity contribution >= 4 is 15.9 Å². The summed E-state index contributed by atoms with van der Waals surface area (Å²) >= 11 is 0. The first-order valence-electron chi connectivity index (χ1n) is 7.41. The Morgan fingerprint density at radius 1 is 1.30 bits per heavy atom. The molecule has 1 aromatic carbocycles. The predicted octanol–water partition coefficient (Wildman–Crippen LogP) is 1.90. The highest BCUT2D eigenvalue weighted by Crippen LogP contribution is 2.17. The minimum atomic E-state index is -3.02. The Bertz CT molecular complexity index is 623. The van der Waals surface area contributed by atoms with Gasteiger partial charge in [-0.25, -0.2) is 22.0 Å². The van der Waals surface area contributed by atoms with Crippen molar-refractivity contribution in [3.05, 3.63) is 35.9 Å². The average Bonchev–Trinajstić information content (AvgIpc) is 2.84. The van der Waals surface area contributed by atoms with Crippen molar-refractivity contribution < 1.29 is 22.0 Å². The molecule has 0 bridgehead atoms. The molecule has 0 aliphatic carbocycles. The molecule has 0 aromatic heterocycles. The second-order valence-electron chi connectivity index (χ2n) is 5.71. The first-order valence-corrected chi connectivity index (χ1v) is 9.23. The van der Waals surface area contributed by atoms with Crippen molar-refractivity contribution in [1.29, 1.82) is 0 Å². The van der Waals surface area contributed by atoms with Crippen molar-refractivity contribution in [3.8, 4) is 0 Å². The number of amides is 2. The number of carbonyl (C=O) groups is 1. The summed E-state index contributed by atoms with van der Waals surface area (Å²) in [5, 5.41) is 2.58. The van der Waals surface area contributed by atoms with Crippen molar-refractivity contribution in [2.24, 2.45) is 5.92 Å². The Kier molecular flexibility index (Phi) is 5.92. The van der Waals surface area contributed by atoms with E-state index in [1.165, 1.54) is 0 Å². The summed E-state index contributed by atoms with van der Waals surface area (Å²) in [7, 11) is -3.02. The van der Waals surface area contributed by atoms with Crippen molar-refractivity contribution in [1.82, 2.24) is 10.2 Å². The first kappa shape index (κ1) is 17.7. The van der Waals surface area contributed by atoms with Crippen LogP contribution in [0.1, 0.15) is 12.0 Å². The van der Waals surface area contributed by atoms with Gasteiger partial charge in [0.2, 0.25) is 0 Å². The summed E-state index contributed by atoms with van der Waals surface area (Å²) in [6, 6.07) is 8.28. The Balaban J connectivity index is 1.91. The Morgan fingerprint density at radius 2 is 2.00 bits per heavy atom. The van der Waals surface area contributed by atoms with E-state index in [1.54, 1.807) is 24.3 Å². The van der Waals surface area contributed by atoms with Crippen LogP contribution in [0.5, 0.6) is 0 Å². The zero-order chi connectivity index (χ0) is 16.9. The summed E-state index contributed by atoms with van der Waals surface area (Å²) in [4.78, 5) is 13.2. The number of urea groups is 1. The maximum Gasteiger partial charge on any atom is 0.317 e. The van der Waals surface area contributed by atoms with Gasteiger partial charge in [-0.1, -0.05) is 30.3 Å². The van der Waals surface area contributed by atoms with E-state index in [0.717, 1.165) is 10.5 Å². The third kappa shape index (κ3) is 5.78. The number of nitrogens with one attached hydrogen (secondary N) is 1. The number of alkyl halides is 2. The molecule has 5 nitrogen and oxygen atoms in total. The third-order valence-electron chi connectivity index (χ3n) is 3.73. The molecular formula is C15H20F2N2O3S. The van der Waals surface area contributed by atoms with Crippen LogP contribution < -0.4 is 5.32 Å². The van der Waals surface area contributed by atoms with E-state index in [4.69, 9.17) is 0 Å². The number of halogens is 2. The van der Waals surface area contributed by atoms with Crippen LogP contribution in [-0.2, 0) is 16.4 Å². The zero-order valence-electron chi connectivity index (χ0n) is 12.6. The van der Waals surface area contributed by atoms with Gasteiger partial charge < -0.3 is 10.2 Å². The van der Waals surface area contributed by atoms with Gasteiger partial charge >= 0.3 is 6.03 Å². The van der Waals surface area contributed by atoms with Gasteiger partial charge in [-0.2, -0.15) is 0 Å². The molecule has 1 fully saturated rings. The molecule has 8 heteroatoms. The lowest BCUT2D eigenvalue weighted by Crippen LogP contribution is -2.43. The molecule has 2 rings (SSSR count). The lowest BCUT2D eigenvalue weighted by atomic mass is 10.1. The molecular weight excluding hydrogens is 326 g/mol. The lowest BCUT2D eigenvalue weighted by Gasteiger charge is -2.23. The largest absolute Gasteiger partial charge is 0.338 e.